The number of methoxy groups -OCH3 is 1. The fourth-order valence-corrected chi connectivity index (χ4v) is 3.51. The molecule has 1 heterocycles. The molecule has 0 saturated carbocycles. The molecule has 2 aromatic carbocycles. The molecule has 0 aromatic heterocycles. The molecular formula is C25H30N2O5. The largest absolute Gasteiger partial charge is 0.496 e. The van der Waals surface area contributed by atoms with Gasteiger partial charge in [-0.2, -0.15) is 0 Å². The van der Waals surface area contributed by atoms with Crippen molar-refractivity contribution in [2.24, 2.45) is 0 Å². The zero-order chi connectivity index (χ0) is 23.1. The average Bonchev–Trinajstić information content (AvgIpc) is 3.00. The van der Waals surface area contributed by atoms with E-state index >= 15 is 0 Å². The summed E-state index contributed by atoms with van der Waals surface area (Å²) in [5.74, 6) is 0.474. The summed E-state index contributed by atoms with van der Waals surface area (Å²) in [6.45, 7) is 7.08. The van der Waals surface area contributed by atoms with Crippen LogP contribution in [0.4, 0.5) is 5.69 Å². The molecular weight excluding hydrogens is 408 g/mol. The second-order valence-corrected chi connectivity index (χ2v) is 7.57. The van der Waals surface area contributed by atoms with Crippen LogP contribution in [0.15, 0.2) is 54.2 Å². The molecule has 7 nitrogen and oxygen atoms in total. The van der Waals surface area contributed by atoms with Crippen LogP contribution in [0.5, 0.6) is 11.5 Å². The second kappa shape index (κ2) is 10.8. The van der Waals surface area contributed by atoms with Gasteiger partial charge in [0, 0.05) is 30.5 Å². The third-order valence-electron chi connectivity index (χ3n) is 4.94. The van der Waals surface area contributed by atoms with Gasteiger partial charge in [0.2, 0.25) is 0 Å². The van der Waals surface area contributed by atoms with Gasteiger partial charge < -0.3 is 19.5 Å². The molecule has 2 aromatic rings. The zero-order valence-electron chi connectivity index (χ0n) is 19.0. The highest BCUT2D eigenvalue weighted by Gasteiger charge is 2.39. The number of ether oxygens (including phenoxy) is 3. The Morgan fingerprint density at radius 3 is 2.53 bits per heavy atom. The molecule has 1 aliphatic heterocycles. The first kappa shape index (κ1) is 23.3. The van der Waals surface area contributed by atoms with Gasteiger partial charge in [0.15, 0.2) is 0 Å². The maximum absolute atomic E-state index is 13.4. The third kappa shape index (κ3) is 5.29. The zero-order valence-corrected chi connectivity index (χ0v) is 19.0. The normalized spacial score (nSPS) is 13.8. The first-order valence-corrected chi connectivity index (χ1v) is 10.8. The van der Waals surface area contributed by atoms with Crippen LogP contribution in [-0.2, 0) is 14.3 Å². The SMILES string of the molecule is CCOc1cccc(NC2=C(c3ccccc3OC)C(=O)N(CCCOC(C)C)C2=O)c1. The Hall–Kier alpha value is -3.32. The van der Waals surface area contributed by atoms with Gasteiger partial charge in [0.25, 0.3) is 11.8 Å². The van der Waals surface area contributed by atoms with E-state index in [2.05, 4.69) is 5.32 Å². The molecule has 0 radical (unpaired) electrons. The minimum Gasteiger partial charge on any atom is -0.496 e. The van der Waals surface area contributed by atoms with Gasteiger partial charge in [0.1, 0.15) is 17.2 Å². The lowest BCUT2D eigenvalue weighted by atomic mass is 10.0. The van der Waals surface area contributed by atoms with Gasteiger partial charge in [-0.1, -0.05) is 24.3 Å². The first-order chi connectivity index (χ1) is 15.5. The van der Waals surface area contributed by atoms with Crippen LogP contribution in [0, 0.1) is 0 Å². The molecule has 0 aliphatic carbocycles. The van der Waals surface area contributed by atoms with E-state index in [9.17, 15) is 9.59 Å². The van der Waals surface area contributed by atoms with E-state index in [1.54, 1.807) is 25.3 Å². The second-order valence-electron chi connectivity index (χ2n) is 7.57. The Kier molecular flexibility index (Phi) is 7.89. The molecule has 170 valence electrons. The number of anilines is 1. The standard InChI is InChI=1S/C25H30N2O5/c1-5-31-19-11-8-10-18(16-19)26-23-22(20-12-6-7-13-21(20)30-4)24(28)27(25(23)29)14-9-15-32-17(2)3/h6-8,10-13,16-17,26H,5,9,14-15H2,1-4H3. The lowest BCUT2D eigenvalue weighted by Crippen LogP contribution is -2.34. The van der Waals surface area contributed by atoms with Crippen LogP contribution in [0.3, 0.4) is 0 Å². The Labute approximate surface area is 189 Å². The highest BCUT2D eigenvalue weighted by Crippen LogP contribution is 2.35. The minimum absolute atomic E-state index is 0.0945. The van der Waals surface area contributed by atoms with Crippen molar-refractivity contribution in [3.63, 3.8) is 0 Å². The first-order valence-electron chi connectivity index (χ1n) is 10.8. The number of carbonyl (C=O) groups is 2. The summed E-state index contributed by atoms with van der Waals surface area (Å²) in [5, 5.41) is 3.16. The van der Waals surface area contributed by atoms with Crippen LogP contribution < -0.4 is 14.8 Å². The smallest absolute Gasteiger partial charge is 0.278 e. The van der Waals surface area contributed by atoms with Gasteiger partial charge >= 0.3 is 0 Å². The number of benzene rings is 2. The summed E-state index contributed by atoms with van der Waals surface area (Å²) < 4.78 is 16.6. The summed E-state index contributed by atoms with van der Waals surface area (Å²) in [5.41, 5.74) is 1.74. The number of nitrogens with zero attached hydrogens (tertiary/aromatic N) is 1. The molecule has 0 saturated heterocycles. The predicted octanol–water partition coefficient (Wildman–Crippen LogP) is 4.10. The number of hydrogen-bond acceptors (Lipinski definition) is 6. The molecule has 0 spiro atoms. The molecule has 32 heavy (non-hydrogen) atoms. The number of hydrogen-bond donors (Lipinski definition) is 1. The van der Waals surface area contributed by atoms with Gasteiger partial charge in [0.05, 0.1) is 25.4 Å². The Balaban J connectivity index is 1.95. The molecule has 0 bridgehead atoms. The molecule has 0 unspecified atom stereocenters. The summed E-state index contributed by atoms with van der Waals surface area (Å²) >= 11 is 0. The van der Waals surface area contributed by atoms with Gasteiger partial charge in [-0.15, -0.1) is 0 Å². The quantitative estimate of drug-likeness (QED) is 0.420. The summed E-state index contributed by atoms with van der Waals surface area (Å²) in [4.78, 5) is 27.9. The number of amides is 2. The summed E-state index contributed by atoms with van der Waals surface area (Å²) in [6.07, 6.45) is 0.652. The lowest BCUT2D eigenvalue weighted by Gasteiger charge is -2.16. The molecule has 1 aliphatic rings. The number of para-hydroxylation sites is 1. The van der Waals surface area contributed by atoms with Crippen molar-refractivity contribution in [2.75, 3.05) is 32.2 Å². The Morgan fingerprint density at radius 1 is 1.03 bits per heavy atom. The predicted molar refractivity (Wildman–Crippen MR) is 124 cm³/mol. The van der Waals surface area contributed by atoms with Crippen LogP contribution in [-0.4, -0.2) is 49.7 Å². The number of nitrogens with one attached hydrogen (secondary N) is 1. The van der Waals surface area contributed by atoms with Crippen molar-refractivity contribution >= 4 is 23.1 Å². The third-order valence-corrected chi connectivity index (χ3v) is 4.94. The van der Waals surface area contributed by atoms with Crippen LogP contribution in [0.2, 0.25) is 0 Å². The fraction of sp³-hybridized carbons (Fsp3) is 0.360. The van der Waals surface area contributed by atoms with E-state index in [-0.39, 0.29) is 30.2 Å². The minimum atomic E-state index is -0.373. The van der Waals surface area contributed by atoms with Crippen molar-refractivity contribution in [1.29, 1.82) is 0 Å². The van der Waals surface area contributed by atoms with Crippen LogP contribution in [0.1, 0.15) is 32.8 Å². The van der Waals surface area contributed by atoms with Gasteiger partial charge in [-0.25, -0.2) is 0 Å². The van der Waals surface area contributed by atoms with Crippen molar-refractivity contribution in [3.05, 3.63) is 59.8 Å². The van der Waals surface area contributed by atoms with Crippen molar-refractivity contribution in [1.82, 2.24) is 4.90 Å². The van der Waals surface area contributed by atoms with Crippen LogP contribution >= 0.6 is 0 Å². The van der Waals surface area contributed by atoms with Crippen molar-refractivity contribution < 1.29 is 23.8 Å². The number of carbonyl (C=O) groups excluding carboxylic acids is 2. The van der Waals surface area contributed by atoms with E-state index in [1.807, 2.05) is 51.1 Å². The maximum atomic E-state index is 13.4. The van der Waals surface area contributed by atoms with E-state index in [4.69, 9.17) is 14.2 Å². The Bertz CT molecular complexity index is 999. The average molecular weight is 439 g/mol. The molecule has 3 rings (SSSR count). The fourth-order valence-electron chi connectivity index (χ4n) is 3.51. The van der Waals surface area contributed by atoms with Gasteiger partial charge in [-0.3, -0.25) is 14.5 Å². The molecule has 0 fully saturated rings. The monoisotopic (exact) mass is 438 g/mol. The highest BCUT2D eigenvalue weighted by atomic mass is 16.5. The van der Waals surface area contributed by atoms with Gasteiger partial charge in [-0.05, 0) is 45.4 Å². The Morgan fingerprint density at radius 2 is 1.81 bits per heavy atom. The summed E-state index contributed by atoms with van der Waals surface area (Å²) in [6, 6.07) is 14.5. The summed E-state index contributed by atoms with van der Waals surface area (Å²) in [7, 11) is 1.54. The number of rotatable bonds is 11. The highest BCUT2D eigenvalue weighted by molar-refractivity contribution is 6.37. The van der Waals surface area contributed by atoms with Crippen LogP contribution in [0.25, 0.3) is 5.57 Å². The van der Waals surface area contributed by atoms with E-state index in [0.29, 0.717) is 48.0 Å². The number of imide groups is 1. The van der Waals surface area contributed by atoms with Crippen molar-refractivity contribution in [3.8, 4) is 11.5 Å². The maximum Gasteiger partial charge on any atom is 0.278 e. The molecule has 2 amide bonds. The molecule has 7 heteroatoms. The molecule has 1 N–H and O–H groups in total. The van der Waals surface area contributed by atoms with Crippen molar-refractivity contribution in [2.45, 2.75) is 33.3 Å². The van der Waals surface area contributed by atoms with E-state index in [1.165, 1.54) is 4.90 Å². The topological polar surface area (TPSA) is 77.1 Å². The van der Waals surface area contributed by atoms with E-state index < -0.39 is 0 Å². The van der Waals surface area contributed by atoms with E-state index in [0.717, 1.165) is 0 Å². The lowest BCUT2D eigenvalue weighted by molar-refractivity contribution is -0.137. The molecule has 0 atom stereocenters.